The normalized spacial score (nSPS) is 14.5. The molecule has 2 aromatic heterocycles. The summed E-state index contributed by atoms with van der Waals surface area (Å²) in [5.74, 6) is -0.343. The van der Waals surface area contributed by atoms with Gasteiger partial charge in [0.1, 0.15) is 11.6 Å². The highest BCUT2D eigenvalue weighted by molar-refractivity contribution is 6.00. The van der Waals surface area contributed by atoms with E-state index in [1.165, 1.54) is 12.3 Å². The SMILES string of the molecule is O=C(Nc1cc(F)ccn1)c1nnc(C2CC2)o1. The quantitative estimate of drug-likeness (QED) is 0.894. The molecule has 1 N–H and O–H groups in total. The molecule has 2 heterocycles. The van der Waals surface area contributed by atoms with Gasteiger partial charge in [0.05, 0.1) is 0 Å². The van der Waals surface area contributed by atoms with Crippen molar-refractivity contribution in [2.24, 2.45) is 0 Å². The maximum Gasteiger partial charge on any atom is 0.314 e. The molecule has 3 rings (SSSR count). The van der Waals surface area contributed by atoms with Crippen molar-refractivity contribution in [2.75, 3.05) is 5.32 Å². The molecule has 1 aliphatic carbocycles. The lowest BCUT2D eigenvalue weighted by Crippen LogP contribution is -2.13. The molecule has 0 bridgehead atoms. The summed E-state index contributed by atoms with van der Waals surface area (Å²) in [6.45, 7) is 0. The van der Waals surface area contributed by atoms with E-state index in [9.17, 15) is 9.18 Å². The Hall–Kier alpha value is -2.31. The Bertz CT molecular complexity index is 594. The second-order valence-electron chi connectivity index (χ2n) is 4.03. The average Bonchev–Trinajstić information content (AvgIpc) is 3.07. The molecule has 18 heavy (non-hydrogen) atoms. The molecule has 1 aliphatic rings. The van der Waals surface area contributed by atoms with Gasteiger partial charge in [0.25, 0.3) is 0 Å². The number of carbonyl (C=O) groups is 1. The van der Waals surface area contributed by atoms with E-state index < -0.39 is 11.7 Å². The van der Waals surface area contributed by atoms with Crippen molar-refractivity contribution in [1.82, 2.24) is 15.2 Å². The smallest absolute Gasteiger partial charge is 0.314 e. The first kappa shape index (κ1) is 10.8. The Kier molecular flexibility index (Phi) is 2.51. The van der Waals surface area contributed by atoms with Crippen molar-refractivity contribution in [3.8, 4) is 0 Å². The van der Waals surface area contributed by atoms with E-state index in [0.29, 0.717) is 5.89 Å². The number of amides is 1. The number of hydrogen-bond donors (Lipinski definition) is 1. The molecule has 92 valence electrons. The molecule has 2 aromatic rings. The Labute approximate surface area is 101 Å². The molecule has 0 aliphatic heterocycles. The van der Waals surface area contributed by atoms with Gasteiger partial charge in [0.15, 0.2) is 0 Å². The highest BCUT2D eigenvalue weighted by Gasteiger charge is 2.30. The van der Waals surface area contributed by atoms with E-state index in [2.05, 4.69) is 20.5 Å². The van der Waals surface area contributed by atoms with Crippen molar-refractivity contribution in [2.45, 2.75) is 18.8 Å². The van der Waals surface area contributed by atoms with Gasteiger partial charge in [-0.1, -0.05) is 0 Å². The topological polar surface area (TPSA) is 80.9 Å². The fourth-order valence-electron chi connectivity index (χ4n) is 1.46. The predicted octanol–water partition coefficient (Wildman–Crippen LogP) is 1.73. The molecule has 1 saturated carbocycles. The van der Waals surface area contributed by atoms with Gasteiger partial charge in [-0.15, -0.1) is 10.2 Å². The average molecular weight is 248 g/mol. The molecule has 0 atom stereocenters. The van der Waals surface area contributed by atoms with Gasteiger partial charge >= 0.3 is 11.8 Å². The van der Waals surface area contributed by atoms with Gasteiger partial charge in [-0.25, -0.2) is 9.37 Å². The number of carbonyl (C=O) groups excluding carboxylic acids is 1. The molecule has 1 fully saturated rings. The van der Waals surface area contributed by atoms with Crippen LogP contribution in [0.1, 0.15) is 35.3 Å². The first-order valence-electron chi connectivity index (χ1n) is 5.48. The van der Waals surface area contributed by atoms with Gasteiger partial charge in [-0.2, -0.15) is 0 Å². The van der Waals surface area contributed by atoms with E-state index in [1.807, 2.05) is 0 Å². The summed E-state index contributed by atoms with van der Waals surface area (Å²) < 4.78 is 18.1. The summed E-state index contributed by atoms with van der Waals surface area (Å²) in [4.78, 5) is 15.5. The number of rotatable bonds is 3. The fraction of sp³-hybridized carbons (Fsp3) is 0.273. The second kappa shape index (κ2) is 4.17. The molecule has 0 radical (unpaired) electrons. The maximum absolute atomic E-state index is 12.9. The van der Waals surface area contributed by atoms with Crippen molar-refractivity contribution in [1.29, 1.82) is 0 Å². The van der Waals surface area contributed by atoms with Crippen LogP contribution in [0.15, 0.2) is 22.7 Å². The van der Waals surface area contributed by atoms with E-state index >= 15 is 0 Å². The van der Waals surface area contributed by atoms with Gasteiger partial charge < -0.3 is 9.73 Å². The van der Waals surface area contributed by atoms with E-state index in [1.54, 1.807) is 0 Å². The highest BCUT2D eigenvalue weighted by Crippen LogP contribution is 2.38. The van der Waals surface area contributed by atoms with E-state index in [4.69, 9.17) is 4.42 Å². The fourth-order valence-corrected chi connectivity index (χ4v) is 1.46. The zero-order valence-corrected chi connectivity index (χ0v) is 9.26. The van der Waals surface area contributed by atoms with Crippen LogP contribution in [0.4, 0.5) is 10.2 Å². The summed E-state index contributed by atoms with van der Waals surface area (Å²) >= 11 is 0. The highest BCUT2D eigenvalue weighted by atomic mass is 19.1. The van der Waals surface area contributed by atoms with E-state index in [-0.39, 0.29) is 17.6 Å². The van der Waals surface area contributed by atoms with Gasteiger partial charge in [0.2, 0.25) is 5.89 Å². The minimum Gasteiger partial charge on any atom is -0.417 e. The number of aromatic nitrogens is 3. The monoisotopic (exact) mass is 248 g/mol. The molecular weight excluding hydrogens is 239 g/mol. The third-order valence-corrected chi connectivity index (χ3v) is 2.53. The number of nitrogens with one attached hydrogen (secondary N) is 1. The van der Waals surface area contributed by atoms with Crippen LogP contribution >= 0.6 is 0 Å². The van der Waals surface area contributed by atoms with Gasteiger partial charge in [-0.3, -0.25) is 4.79 Å². The Morgan fingerprint density at radius 3 is 3.00 bits per heavy atom. The third kappa shape index (κ3) is 2.20. The van der Waals surface area contributed by atoms with Gasteiger partial charge in [0, 0.05) is 18.2 Å². The van der Waals surface area contributed by atoms with Crippen molar-refractivity contribution < 1.29 is 13.6 Å². The van der Waals surface area contributed by atoms with Crippen LogP contribution < -0.4 is 5.32 Å². The number of nitrogens with zero attached hydrogens (tertiary/aromatic N) is 3. The molecule has 7 heteroatoms. The van der Waals surface area contributed by atoms with Crippen molar-refractivity contribution >= 4 is 11.7 Å². The zero-order chi connectivity index (χ0) is 12.5. The van der Waals surface area contributed by atoms with Gasteiger partial charge in [-0.05, 0) is 18.9 Å². The van der Waals surface area contributed by atoms with E-state index in [0.717, 1.165) is 18.9 Å². The molecule has 0 unspecified atom stereocenters. The molecule has 0 aromatic carbocycles. The largest absolute Gasteiger partial charge is 0.417 e. The Morgan fingerprint density at radius 1 is 1.44 bits per heavy atom. The Balaban J connectivity index is 1.73. The molecule has 0 spiro atoms. The minimum atomic E-state index is -0.590. The maximum atomic E-state index is 12.9. The van der Waals surface area contributed by atoms with Crippen LogP contribution in [0, 0.1) is 5.82 Å². The third-order valence-electron chi connectivity index (χ3n) is 2.53. The minimum absolute atomic E-state index is 0.103. The van der Waals surface area contributed by atoms with Crippen LogP contribution in [-0.2, 0) is 0 Å². The summed E-state index contributed by atoms with van der Waals surface area (Å²) in [6.07, 6.45) is 3.28. The second-order valence-corrected chi connectivity index (χ2v) is 4.03. The lowest BCUT2D eigenvalue weighted by atomic mass is 10.4. The van der Waals surface area contributed by atoms with Crippen LogP contribution in [0.2, 0.25) is 0 Å². The van der Waals surface area contributed by atoms with Crippen LogP contribution in [0.3, 0.4) is 0 Å². The zero-order valence-electron chi connectivity index (χ0n) is 9.26. The van der Waals surface area contributed by atoms with Crippen molar-refractivity contribution in [3.63, 3.8) is 0 Å². The molecular formula is C11H9FN4O2. The summed E-state index contributed by atoms with van der Waals surface area (Å²) in [5, 5.41) is 9.82. The lowest BCUT2D eigenvalue weighted by molar-refractivity contribution is 0.0988. The standard InChI is InChI=1S/C11H9FN4O2/c12-7-3-4-13-8(5-7)14-9(17)11-16-15-10(18-11)6-1-2-6/h3-6H,1-2H2,(H,13,14,17). The van der Waals surface area contributed by atoms with Crippen LogP contribution in [0.5, 0.6) is 0 Å². The molecule has 0 saturated heterocycles. The number of halogens is 1. The summed E-state index contributed by atoms with van der Waals surface area (Å²) in [7, 11) is 0. The summed E-state index contributed by atoms with van der Waals surface area (Å²) in [6, 6.07) is 2.30. The molecule has 1 amide bonds. The van der Waals surface area contributed by atoms with Crippen molar-refractivity contribution in [3.05, 3.63) is 35.9 Å². The number of pyridine rings is 1. The first-order chi connectivity index (χ1) is 8.72. The van der Waals surface area contributed by atoms with Crippen LogP contribution in [0.25, 0.3) is 0 Å². The Morgan fingerprint density at radius 2 is 2.28 bits per heavy atom. The van der Waals surface area contributed by atoms with Crippen LogP contribution in [-0.4, -0.2) is 21.1 Å². The summed E-state index contributed by atoms with van der Waals surface area (Å²) in [5.41, 5.74) is 0. The molecule has 6 nitrogen and oxygen atoms in total. The number of anilines is 1. The lowest BCUT2D eigenvalue weighted by Gasteiger charge is -2.00. The first-order valence-corrected chi connectivity index (χ1v) is 5.48. The number of hydrogen-bond acceptors (Lipinski definition) is 5. The predicted molar refractivity (Wildman–Crippen MR) is 58.4 cm³/mol.